The van der Waals surface area contributed by atoms with Crippen molar-refractivity contribution in [3.8, 4) is 5.75 Å². The summed E-state index contributed by atoms with van der Waals surface area (Å²) >= 11 is 6.35. The Bertz CT molecular complexity index is 854. The van der Waals surface area contributed by atoms with Gasteiger partial charge in [-0.25, -0.2) is 0 Å². The number of hydrogen-bond donors (Lipinski definition) is 0. The van der Waals surface area contributed by atoms with Gasteiger partial charge in [-0.15, -0.1) is 0 Å². The fourth-order valence-electron chi connectivity index (χ4n) is 3.38. The second-order valence-electron chi connectivity index (χ2n) is 7.53. The lowest BCUT2D eigenvalue weighted by atomic mass is 9.88. The minimum atomic E-state index is -5.19. The highest BCUT2D eigenvalue weighted by atomic mass is 35.5. The highest BCUT2D eigenvalue weighted by Crippen LogP contribution is 2.38. The molecule has 4 nitrogen and oxygen atoms in total. The Labute approximate surface area is 173 Å². The number of carboxylic acid groups (broad SMARTS) is 1. The van der Waals surface area contributed by atoms with Crippen molar-refractivity contribution in [2.75, 3.05) is 34.3 Å². The Hall–Kier alpha value is -2.25. The van der Waals surface area contributed by atoms with E-state index in [9.17, 15) is 13.2 Å². The second kappa shape index (κ2) is 9.05. The number of aliphatic carboxylic acids is 1. The molecular formula is C21H23ClF3NO3. The molecule has 8 heteroatoms. The van der Waals surface area contributed by atoms with Crippen molar-refractivity contribution in [1.29, 1.82) is 0 Å². The van der Waals surface area contributed by atoms with Crippen molar-refractivity contribution in [1.82, 2.24) is 0 Å². The molecule has 0 N–H and O–H groups in total. The average molecular weight is 433 g/mol. The Morgan fingerprint density at radius 3 is 2.31 bits per heavy atom. The van der Waals surface area contributed by atoms with Crippen molar-refractivity contribution in [3.05, 3.63) is 64.2 Å². The number of rotatable bonds is 2. The minimum absolute atomic E-state index is 0.375. The normalized spacial score (nSPS) is 18.0. The first-order chi connectivity index (χ1) is 13.4. The van der Waals surface area contributed by atoms with Gasteiger partial charge in [0.15, 0.2) is 0 Å². The highest BCUT2D eigenvalue weighted by Gasteiger charge is 2.31. The first-order valence-electron chi connectivity index (χ1n) is 8.96. The first kappa shape index (κ1) is 23.0. The van der Waals surface area contributed by atoms with Gasteiger partial charge in [-0.1, -0.05) is 41.9 Å². The number of quaternary nitrogens is 1. The lowest BCUT2D eigenvalue weighted by molar-refractivity contribution is -0.890. The van der Waals surface area contributed by atoms with E-state index in [4.69, 9.17) is 26.2 Å². The van der Waals surface area contributed by atoms with Crippen molar-refractivity contribution >= 4 is 17.6 Å². The Morgan fingerprint density at radius 2 is 1.79 bits per heavy atom. The predicted octanol–water partition coefficient (Wildman–Crippen LogP) is 3.41. The van der Waals surface area contributed by atoms with Gasteiger partial charge < -0.3 is 19.1 Å². The lowest BCUT2D eigenvalue weighted by Crippen LogP contribution is -2.43. The third kappa shape index (κ3) is 6.11. The van der Waals surface area contributed by atoms with Gasteiger partial charge in [0.25, 0.3) is 0 Å². The molecule has 0 amide bonds. The molecule has 0 saturated heterocycles. The van der Waals surface area contributed by atoms with E-state index >= 15 is 0 Å². The molecule has 2 aromatic rings. The fraction of sp³-hybridized carbons (Fsp3) is 0.381. The summed E-state index contributed by atoms with van der Waals surface area (Å²) < 4.78 is 38.0. The number of carboxylic acids is 1. The van der Waals surface area contributed by atoms with Gasteiger partial charge in [-0.05, 0) is 28.8 Å². The van der Waals surface area contributed by atoms with E-state index in [2.05, 4.69) is 56.6 Å². The van der Waals surface area contributed by atoms with Crippen LogP contribution in [0.2, 0.25) is 5.02 Å². The van der Waals surface area contributed by atoms with Crippen molar-refractivity contribution < 1.29 is 32.3 Å². The molecule has 0 fully saturated rings. The van der Waals surface area contributed by atoms with Gasteiger partial charge in [-0.2, -0.15) is 13.2 Å². The minimum Gasteiger partial charge on any atom is -0.542 e. The zero-order valence-electron chi connectivity index (χ0n) is 16.4. The van der Waals surface area contributed by atoms with Crippen LogP contribution in [0.3, 0.4) is 0 Å². The summed E-state index contributed by atoms with van der Waals surface area (Å²) in [5.74, 6) is -1.86. The Balaban J connectivity index is 0.000000370. The number of halogens is 4. The van der Waals surface area contributed by atoms with E-state index in [0.29, 0.717) is 10.9 Å². The van der Waals surface area contributed by atoms with E-state index in [-0.39, 0.29) is 0 Å². The monoisotopic (exact) mass is 432 g/mol. The summed E-state index contributed by atoms with van der Waals surface area (Å²) in [4.78, 5) is 8.78. The molecule has 0 unspecified atom stereocenters. The van der Waals surface area contributed by atoms with Crippen LogP contribution in [0.4, 0.5) is 13.2 Å². The highest BCUT2D eigenvalue weighted by molar-refractivity contribution is 6.32. The van der Waals surface area contributed by atoms with Gasteiger partial charge >= 0.3 is 6.18 Å². The maximum Gasteiger partial charge on any atom is 0.430 e. The molecule has 0 spiro atoms. The number of carbonyl (C=O) groups is 1. The molecule has 1 aliphatic rings. The van der Waals surface area contributed by atoms with Gasteiger partial charge in [0.05, 0.1) is 45.2 Å². The van der Waals surface area contributed by atoms with Crippen molar-refractivity contribution in [2.45, 2.75) is 18.5 Å². The van der Waals surface area contributed by atoms with Crippen LogP contribution in [0, 0.1) is 0 Å². The smallest absolute Gasteiger partial charge is 0.430 e. The van der Waals surface area contributed by atoms with Crippen LogP contribution in [-0.4, -0.2) is 50.9 Å². The first-order valence-corrected chi connectivity index (χ1v) is 9.34. The Kier molecular flexibility index (Phi) is 7.19. The molecule has 0 aromatic heterocycles. The maximum absolute atomic E-state index is 10.5. The van der Waals surface area contributed by atoms with Crippen LogP contribution < -0.4 is 9.84 Å². The van der Waals surface area contributed by atoms with Crippen LogP contribution in [-0.2, 0) is 11.2 Å². The summed E-state index contributed by atoms with van der Waals surface area (Å²) in [6.07, 6.45) is -4.14. The molecule has 0 bridgehead atoms. The molecule has 0 radical (unpaired) electrons. The summed E-state index contributed by atoms with van der Waals surface area (Å²) in [5, 5.41) is 9.49. The lowest BCUT2D eigenvalue weighted by Gasteiger charge is -2.31. The zero-order valence-corrected chi connectivity index (χ0v) is 17.2. The van der Waals surface area contributed by atoms with E-state index in [1.807, 2.05) is 0 Å². The third-order valence-corrected chi connectivity index (χ3v) is 5.18. The standard InChI is InChI=1S/C19H23ClNO.C2HF3O2/c1-21(2)10-9-15-11-18(20)19(22-3)12-16(15)17(13-21)14-7-5-4-6-8-14;3-2(4,5)1(6)7/h4-8,11-12,17H,9-10,13H2,1-3H3;(H,6,7)/q+1;/p-1/t17-;/m1./s1/i1+1,2+1,3+1;. The van der Waals surface area contributed by atoms with E-state index in [1.165, 1.54) is 16.7 Å². The number of alkyl halides is 3. The maximum atomic E-state index is 10.5. The zero-order chi connectivity index (χ0) is 21.8. The molecular weight excluding hydrogens is 410 g/mol. The summed E-state index contributed by atoms with van der Waals surface area (Å²) in [5.41, 5.74) is 4.07. The fourth-order valence-corrected chi connectivity index (χ4v) is 3.65. The molecule has 1 atom stereocenters. The molecule has 3 rings (SSSR count). The quantitative estimate of drug-likeness (QED) is 0.540. The number of ether oxygens (including phenoxy) is 1. The SMILES string of the molecule is O=C([O-])C(F)(F)F.[13CH3]Oc1cc2c(cc1Cl)CC[N+]([13CH3])([13CH3])C[C@@H]2c1ccccc1. The number of nitrogens with zero attached hydrogens (tertiary/aromatic N) is 1. The molecule has 0 aliphatic carbocycles. The summed E-state index contributed by atoms with van der Waals surface area (Å²) in [6.45, 7) is 2.21. The number of methoxy groups -OCH3 is 1. The molecule has 0 saturated carbocycles. The number of benzene rings is 2. The number of likely N-dealkylation sites (N-methyl/N-ethyl adjacent to an activating group) is 1. The molecule has 29 heavy (non-hydrogen) atoms. The van der Waals surface area contributed by atoms with E-state index in [1.54, 1.807) is 7.11 Å². The molecule has 158 valence electrons. The third-order valence-electron chi connectivity index (χ3n) is 4.89. The van der Waals surface area contributed by atoms with Gasteiger partial charge in [0.2, 0.25) is 0 Å². The number of hydrogen-bond acceptors (Lipinski definition) is 3. The average Bonchev–Trinajstić information content (AvgIpc) is 2.77. The summed E-state index contributed by atoms with van der Waals surface area (Å²) in [7, 11) is 6.29. The summed E-state index contributed by atoms with van der Waals surface area (Å²) in [6, 6.07) is 15.0. The number of fused-ring (bicyclic) bond motifs is 1. The number of carbonyl (C=O) groups excluding carboxylic acids is 1. The molecule has 1 aliphatic heterocycles. The van der Waals surface area contributed by atoms with Crippen LogP contribution in [0.5, 0.6) is 5.75 Å². The van der Waals surface area contributed by atoms with Crippen LogP contribution in [0.15, 0.2) is 42.5 Å². The van der Waals surface area contributed by atoms with Crippen LogP contribution in [0.25, 0.3) is 0 Å². The van der Waals surface area contributed by atoms with Crippen molar-refractivity contribution in [3.63, 3.8) is 0 Å². The van der Waals surface area contributed by atoms with Gasteiger partial charge in [0, 0.05) is 6.42 Å². The molecule has 2 aromatic carbocycles. The predicted molar refractivity (Wildman–Crippen MR) is 103 cm³/mol. The molecule has 1 heterocycles. The van der Waals surface area contributed by atoms with Gasteiger partial charge in [0.1, 0.15) is 11.7 Å². The van der Waals surface area contributed by atoms with Crippen molar-refractivity contribution in [2.24, 2.45) is 0 Å². The van der Waals surface area contributed by atoms with Crippen LogP contribution >= 0.6 is 11.6 Å². The van der Waals surface area contributed by atoms with E-state index in [0.717, 1.165) is 29.7 Å². The topological polar surface area (TPSA) is 49.4 Å². The van der Waals surface area contributed by atoms with Gasteiger partial charge in [-0.3, -0.25) is 0 Å². The van der Waals surface area contributed by atoms with Crippen LogP contribution in [0.1, 0.15) is 22.6 Å². The Morgan fingerprint density at radius 1 is 1.21 bits per heavy atom. The largest absolute Gasteiger partial charge is 0.542 e. The van der Waals surface area contributed by atoms with E-state index < -0.39 is 12.1 Å². The second-order valence-corrected chi connectivity index (χ2v) is 7.93.